The molecule has 1 rings (SSSR count). The van der Waals surface area contributed by atoms with Gasteiger partial charge >= 0.3 is 6.03 Å². The van der Waals surface area contributed by atoms with Crippen LogP contribution < -0.4 is 11.5 Å². The van der Waals surface area contributed by atoms with Gasteiger partial charge in [-0.25, -0.2) is 15.0 Å². The summed E-state index contributed by atoms with van der Waals surface area (Å²) in [6, 6.07) is 9.20. The number of carbonyl (C=O) groups is 1. The van der Waals surface area contributed by atoms with Gasteiger partial charge in [-0.1, -0.05) is 43.0 Å². The number of urea groups is 1. The average Bonchev–Trinajstić information content (AvgIpc) is 2.19. The molecule has 0 unspecified atom stereocenters. The number of rotatable bonds is 1. The van der Waals surface area contributed by atoms with E-state index in [1.165, 1.54) is 5.56 Å². The van der Waals surface area contributed by atoms with Gasteiger partial charge in [-0.05, 0) is 5.56 Å². The zero-order valence-electron chi connectivity index (χ0n) is 8.14. The number of isocyanates is 1. The summed E-state index contributed by atoms with van der Waals surface area (Å²) in [5.41, 5.74) is 9.67. The lowest BCUT2D eigenvalue weighted by Gasteiger charge is -1.85. The maximum Gasteiger partial charge on any atom is 0.309 e. The first-order chi connectivity index (χ1) is 7.08. The molecule has 0 fully saturated rings. The predicted octanol–water partition coefficient (Wildman–Crippen LogP) is 1.25. The second-order valence-electron chi connectivity index (χ2n) is 2.12. The van der Waals surface area contributed by atoms with E-state index in [0.29, 0.717) is 0 Å². The zero-order valence-corrected chi connectivity index (χ0v) is 8.14. The lowest BCUT2D eigenvalue weighted by Crippen LogP contribution is -2.18. The van der Waals surface area contributed by atoms with Crippen molar-refractivity contribution in [2.75, 3.05) is 0 Å². The van der Waals surface area contributed by atoms with Crippen LogP contribution in [0.3, 0.4) is 0 Å². The minimum atomic E-state index is -0.833. The number of benzene rings is 1. The molecular weight excluding hydrogens is 194 g/mol. The number of amides is 2. The fourth-order valence-corrected chi connectivity index (χ4v) is 0.589. The molecule has 0 aliphatic rings. The Morgan fingerprint density at radius 3 is 1.87 bits per heavy atom. The van der Waals surface area contributed by atoms with E-state index in [9.17, 15) is 0 Å². The monoisotopic (exact) mass is 207 g/mol. The first kappa shape index (κ1) is 15.1. The number of nitrogens with two attached hydrogens (primary N) is 2. The van der Waals surface area contributed by atoms with Gasteiger partial charge in [0.25, 0.3) is 0 Å². The van der Waals surface area contributed by atoms with Gasteiger partial charge in [-0.15, -0.1) is 0 Å². The molecule has 15 heavy (non-hydrogen) atoms. The van der Waals surface area contributed by atoms with Crippen LogP contribution in [0.15, 0.2) is 36.9 Å². The summed E-state index contributed by atoms with van der Waals surface area (Å²) in [7, 11) is 0. The molecule has 0 atom stereocenters. The van der Waals surface area contributed by atoms with Crippen LogP contribution in [0, 0.1) is 5.41 Å². The lowest BCUT2D eigenvalue weighted by molar-refractivity contribution is 0.256. The SMILES string of the molecule is C=Cc1ccccc1.N=C=O.NC(N)=O. The van der Waals surface area contributed by atoms with Crippen LogP contribution in [0.25, 0.3) is 6.08 Å². The summed E-state index contributed by atoms with van der Waals surface area (Å²) in [4.78, 5) is 17.3. The van der Waals surface area contributed by atoms with Gasteiger partial charge in [-0.3, -0.25) is 0 Å². The van der Waals surface area contributed by atoms with Crippen molar-refractivity contribution in [1.29, 1.82) is 5.41 Å². The second-order valence-corrected chi connectivity index (χ2v) is 2.12. The summed E-state index contributed by atoms with van der Waals surface area (Å²) in [6.45, 7) is 3.63. The maximum atomic E-state index is 9.00. The fourth-order valence-electron chi connectivity index (χ4n) is 0.589. The van der Waals surface area contributed by atoms with E-state index >= 15 is 0 Å². The molecule has 0 aromatic heterocycles. The normalized spacial score (nSPS) is 6.67. The predicted molar refractivity (Wildman–Crippen MR) is 58.7 cm³/mol. The summed E-state index contributed by atoms with van der Waals surface area (Å²) in [5, 5.41) is 5.40. The molecule has 5 heteroatoms. The highest BCUT2D eigenvalue weighted by Crippen LogP contribution is 1.97. The van der Waals surface area contributed by atoms with Crippen molar-refractivity contribution < 1.29 is 9.59 Å². The van der Waals surface area contributed by atoms with Gasteiger partial charge in [0.1, 0.15) is 0 Å². The molecule has 0 aliphatic carbocycles. The van der Waals surface area contributed by atoms with E-state index in [1.807, 2.05) is 36.4 Å². The first-order valence-electron chi connectivity index (χ1n) is 3.84. The quantitative estimate of drug-likeness (QED) is 0.475. The lowest BCUT2D eigenvalue weighted by atomic mass is 10.2. The van der Waals surface area contributed by atoms with Gasteiger partial charge in [0.05, 0.1) is 0 Å². The molecular formula is C10H13N3O2. The Balaban J connectivity index is 0. The van der Waals surface area contributed by atoms with Crippen molar-refractivity contribution in [3.8, 4) is 0 Å². The highest BCUT2D eigenvalue weighted by molar-refractivity contribution is 5.69. The van der Waals surface area contributed by atoms with Crippen LogP contribution in [-0.4, -0.2) is 12.1 Å². The van der Waals surface area contributed by atoms with Crippen LogP contribution in [0.5, 0.6) is 0 Å². The van der Waals surface area contributed by atoms with E-state index in [-0.39, 0.29) is 0 Å². The summed E-state index contributed by atoms with van der Waals surface area (Å²) >= 11 is 0. The standard InChI is InChI=1S/C8H8.CH4N2O.CHNO/c1-2-8-6-4-3-5-7-8;2-1(3)4;2-1-3/h2-7H,1H2;(H4,2,3,4);2H. The van der Waals surface area contributed by atoms with Crippen molar-refractivity contribution in [3.63, 3.8) is 0 Å². The number of nitrogens with one attached hydrogen (secondary N) is 1. The minimum absolute atomic E-state index is 0.750. The van der Waals surface area contributed by atoms with E-state index in [1.54, 1.807) is 0 Å². The third-order valence-corrected chi connectivity index (χ3v) is 1.04. The van der Waals surface area contributed by atoms with Gasteiger partial charge in [0.2, 0.25) is 6.08 Å². The largest absolute Gasteiger partial charge is 0.352 e. The highest BCUT2D eigenvalue weighted by atomic mass is 16.2. The van der Waals surface area contributed by atoms with Crippen LogP contribution in [0.2, 0.25) is 0 Å². The van der Waals surface area contributed by atoms with Gasteiger partial charge in [0, 0.05) is 0 Å². The smallest absolute Gasteiger partial charge is 0.309 e. The maximum absolute atomic E-state index is 9.00. The Morgan fingerprint density at radius 1 is 1.33 bits per heavy atom. The van der Waals surface area contributed by atoms with Crippen LogP contribution in [0.1, 0.15) is 5.56 Å². The zero-order chi connectivity index (χ0) is 12.1. The molecule has 0 bridgehead atoms. The second kappa shape index (κ2) is 11.6. The number of carbonyl (C=O) groups excluding carboxylic acids is 2. The third kappa shape index (κ3) is 18.5. The van der Waals surface area contributed by atoms with E-state index < -0.39 is 6.03 Å². The summed E-state index contributed by atoms with van der Waals surface area (Å²) < 4.78 is 0. The molecule has 0 spiro atoms. The molecule has 0 aliphatic heterocycles. The molecule has 0 heterocycles. The summed E-state index contributed by atoms with van der Waals surface area (Å²) in [6.07, 6.45) is 2.58. The minimum Gasteiger partial charge on any atom is -0.352 e. The Bertz CT molecular complexity index is 313. The molecule has 1 aromatic rings. The molecule has 1 aromatic carbocycles. The molecule has 2 amide bonds. The Labute approximate surface area is 87.9 Å². The first-order valence-corrected chi connectivity index (χ1v) is 3.84. The van der Waals surface area contributed by atoms with E-state index in [0.717, 1.165) is 6.08 Å². The average molecular weight is 207 g/mol. The summed E-state index contributed by atoms with van der Waals surface area (Å²) in [5.74, 6) is 0. The van der Waals surface area contributed by atoms with Gasteiger partial charge < -0.3 is 11.5 Å². The Morgan fingerprint density at radius 2 is 1.67 bits per heavy atom. The molecule has 5 nitrogen and oxygen atoms in total. The molecule has 5 N–H and O–H groups in total. The van der Waals surface area contributed by atoms with Gasteiger partial charge in [-0.2, -0.15) is 0 Å². The number of hydrogen-bond acceptors (Lipinski definition) is 3. The molecule has 0 saturated carbocycles. The molecule has 0 saturated heterocycles. The topological polar surface area (TPSA) is 110 Å². The Kier molecular flexibility index (Phi) is 11.7. The highest BCUT2D eigenvalue weighted by Gasteiger charge is 1.75. The molecule has 80 valence electrons. The van der Waals surface area contributed by atoms with E-state index in [4.69, 9.17) is 15.0 Å². The van der Waals surface area contributed by atoms with Crippen molar-refractivity contribution in [1.82, 2.24) is 0 Å². The van der Waals surface area contributed by atoms with Crippen molar-refractivity contribution >= 4 is 18.2 Å². The van der Waals surface area contributed by atoms with Crippen LogP contribution >= 0.6 is 0 Å². The van der Waals surface area contributed by atoms with Crippen LogP contribution in [-0.2, 0) is 4.79 Å². The van der Waals surface area contributed by atoms with E-state index in [2.05, 4.69) is 18.0 Å². The van der Waals surface area contributed by atoms with Gasteiger partial charge in [0.15, 0.2) is 0 Å². The van der Waals surface area contributed by atoms with Crippen molar-refractivity contribution in [2.24, 2.45) is 11.5 Å². The molecule has 0 radical (unpaired) electrons. The Hall–Kier alpha value is -2.39. The third-order valence-electron chi connectivity index (χ3n) is 1.04. The van der Waals surface area contributed by atoms with Crippen molar-refractivity contribution in [3.05, 3.63) is 42.5 Å². The van der Waals surface area contributed by atoms with Crippen LogP contribution in [0.4, 0.5) is 4.79 Å². The fraction of sp³-hybridized carbons (Fsp3) is 0. The number of primary amides is 2. The number of hydrogen-bond donors (Lipinski definition) is 3. The van der Waals surface area contributed by atoms with Crippen molar-refractivity contribution in [2.45, 2.75) is 0 Å².